The third kappa shape index (κ3) is 5.67. The molecule has 1 amide bonds. The molecule has 2 heterocycles. The van der Waals surface area contributed by atoms with E-state index in [0.717, 1.165) is 25.2 Å². The van der Waals surface area contributed by atoms with E-state index in [1.54, 1.807) is 30.2 Å². The Morgan fingerprint density at radius 2 is 1.92 bits per heavy atom. The van der Waals surface area contributed by atoms with Crippen molar-refractivity contribution >= 4 is 49.9 Å². The van der Waals surface area contributed by atoms with Crippen LogP contribution >= 0.6 is 11.6 Å². The maximum Gasteiger partial charge on any atom is 0.407 e. The quantitative estimate of drug-likeness (QED) is 0.557. The number of fused-ring (bicyclic) bond motifs is 1. The van der Waals surface area contributed by atoms with Gasteiger partial charge < -0.3 is 19.5 Å². The highest BCUT2D eigenvalue weighted by molar-refractivity contribution is 7.91. The van der Waals surface area contributed by atoms with Gasteiger partial charge in [0, 0.05) is 31.6 Å². The lowest BCUT2D eigenvalue weighted by Gasteiger charge is -2.24. The van der Waals surface area contributed by atoms with E-state index >= 15 is 4.39 Å². The number of rotatable bonds is 6. The van der Waals surface area contributed by atoms with Gasteiger partial charge in [-0.25, -0.2) is 17.6 Å². The molecule has 2 fully saturated rings. The highest BCUT2D eigenvalue weighted by atomic mass is 35.5. The fraction of sp³-hybridized carbons (Fsp3) is 0.542. The monoisotopic (exact) mass is 541 g/mol. The Labute approximate surface area is 213 Å². The van der Waals surface area contributed by atoms with Crippen LogP contribution in [0.15, 0.2) is 17.1 Å². The van der Waals surface area contributed by atoms with Crippen molar-refractivity contribution < 1.29 is 27.1 Å². The second-order valence-electron chi connectivity index (χ2n) is 10.5. The predicted molar refractivity (Wildman–Crippen MR) is 135 cm³/mol. The lowest BCUT2D eigenvalue weighted by atomic mass is 10.1. The number of hydrogen-bond donors (Lipinski definition) is 1. The lowest BCUT2D eigenvalue weighted by molar-refractivity contribution is 0.0508. The smallest absolute Gasteiger partial charge is 0.407 e. The summed E-state index contributed by atoms with van der Waals surface area (Å²) in [6, 6.07) is 0.741. The summed E-state index contributed by atoms with van der Waals surface area (Å²) in [4.78, 5) is 39.6. The van der Waals surface area contributed by atoms with Crippen molar-refractivity contribution in [2.24, 2.45) is 0 Å². The Kier molecular flexibility index (Phi) is 6.85. The Morgan fingerprint density at radius 3 is 2.50 bits per heavy atom. The van der Waals surface area contributed by atoms with Gasteiger partial charge in [-0.1, -0.05) is 11.6 Å². The largest absolute Gasteiger partial charge is 0.444 e. The van der Waals surface area contributed by atoms with E-state index in [1.807, 2.05) is 0 Å². The van der Waals surface area contributed by atoms with E-state index < -0.39 is 44.3 Å². The standard InChI is InChI=1S/C24H29ClFN3O6S/c1-24(2,3)35-23(32)27-13-7-8-28(10-13)21-17(26)9-15-20(19(21)25)29(14-5-6-14)11-16(22(15)31)18(30)12-36(4,33)34/h9,11,13-14H,5-8,10,12H2,1-4H3,(H,27,32). The number of sulfone groups is 1. The van der Waals surface area contributed by atoms with Gasteiger partial charge in [0.05, 0.1) is 33.2 Å². The van der Waals surface area contributed by atoms with Crippen LogP contribution in [0.5, 0.6) is 0 Å². The molecule has 1 aromatic carbocycles. The number of carbonyl (C=O) groups is 2. The summed E-state index contributed by atoms with van der Waals surface area (Å²) >= 11 is 6.72. The Balaban J connectivity index is 1.71. The van der Waals surface area contributed by atoms with Gasteiger partial charge in [-0.15, -0.1) is 0 Å². The normalized spacial score (nSPS) is 18.5. The molecule has 0 bridgehead atoms. The highest BCUT2D eigenvalue weighted by Gasteiger charge is 2.33. The molecule has 9 nitrogen and oxygen atoms in total. The summed E-state index contributed by atoms with van der Waals surface area (Å²) < 4.78 is 45.7. The van der Waals surface area contributed by atoms with Gasteiger partial charge in [-0.05, 0) is 46.1 Å². The SMILES string of the molecule is CC(C)(C)OC(=O)NC1CCN(c2c(F)cc3c(=O)c(C(=O)CS(C)(=O)=O)cn(C4CC4)c3c2Cl)C1. The molecule has 1 aliphatic heterocycles. The van der Waals surface area contributed by atoms with E-state index in [0.29, 0.717) is 25.0 Å². The molecule has 12 heteroatoms. The van der Waals surface area contributed by atoms with Gasteiger partial charge in [0.2, 0.25) is 0 Å². The number of carbonyl (C=O) groups excluding carboxylic acids is 2. The van der Waals surface area contributed by atoms with E-state index in [-0.39, 0.29) is 33.7 Å². The molecule has 1 saturated heterocycles. The second kappa shape index (κ2) is 9.33. The topological polar surface area (TPSA) is 115 Å². The molecular formula is C24H29ClFN3O6S. The number of hydrogen-bond acceptors (Lipinski definition) is 7. The average Bonchev–Trinajstić information content (AvgIpc) is 3.46. The molecule has 1 saturated carbocycles. The van der Waals surface area contributed by atoms with Gasteiger partial charge in [-0.2, -0.15) is 0 Å². The van der Waals surface area contributed by atoms with Crippen LogP contribution in [0.1, 0.15) is 56.4 Å². The van der Waals surface area contributed by atoms with Crippen molar-refractivity contribution in [3.63, 3.8) is 0 Å². The summed E-state index contributed by atoms with van der Waals surface area (Å²) in [5.41, 5.74) is -1.29. The van der Waals surface area contributed by atoms with Gasteiger partial charge in [-0.3, -0.25) is 9.59 Å². The molecular weight excluding hydrogens is 513 g/mol. The van der Waals surface area contributed by atoms with Crippen LogP contribution in [0.2, 0.25) is 5.02 Å². The molecule has 1 N–H and O–H groups in total. The molecule has 4 rings (SSSR count). The van der Waals surface area contributed by atoms with Crippen molar-refractivity contribution in [3.8, 4) is 0 Å². The number of ether oxygens (including phenoxy) is 1. The molecule has 0 radical (unpaired) electrons. The number of pyridine rings is 1. The third-order valence-corrected chi connectivity index (χ3v) is 7.19. The fourth-order valence-electron chi connectivity index (χ4n) is 4.43. The molecule has 36 heavy (non-hydrogen) atoms. The maximum absolute atomic E-state index is 15.4. The van der Waals surface area contributed by atoms with Crippen molar-refractivity contribution in [1.82, 2.24) is 9.88 Å². The van der Waals surface area contributed by atoms with Crippen LogP contribution in [0.4, 0.5) is 14.9 Å². The van der Waals surface area contributed by atoms with Crippen LogP contribution in [0.25, 0.3) is 10.9 Å². The molecule has 1 unspecified atom stereocenters. The Hall–Kier alpha value is -2.66. The molecule has 196 valence electrons. The first kappa shape index (κ1) is 26.4. The van der Waals surface area contributed by atoms with Crippen molar-refractivity contribution in [2.45, 2.75) is 57.7 Å². The summed E-state index contributed by atoms with van der Waals surface area (Å²) in [5.74, 6) is -2.39. The minimum absolute atomic E-state index is 0.0335. The molecule has 1 aliphatic carbocycles. The van der Waals surface area contributed by atoms with E-state index in [4.69, 9.17) is 16.3 Å². The summed E-state index contributed by atoms with van der Waals surface area (Å²) in [6.07, 6.45) is 3.81. The zero-order valence-electron chi connectivity index (χ0n) is 20.6. The predicted octanol–water partition coefficient (Wildman–Crippen LogP) is 3.46. The fourth-order valence-corrected chi connectivity index (χ4v) is 5.47. The Bertz CT molecular complexity index is 1410. The molecule has 2 aromatic rings. The van der Waals surface area contributed by atoms with Crippen LogP contribution in [-0.2, 0) is 14.6 Å². The summed E-state index contributed by atoms with van der Waals surface area (Å²) in [7, 11) is -3.66. The number of anilines is 1. The van der Waals surface area contributed by atoms with Gasteiger partial charge in [0.1, 0.15) is 17.2 Å². The lowest BCUT2D eigenvalue weighted by Crippen LogP contribution is -2.40. The van der Waals surface area contributed by atoms with Gasteiger partial charge in [0.25, 0.3) is 0 Å². The minimum Gasteiger partial charge on any atom is -0.444 e. The number of nitrogens with zero attached hydrogens (tertiary/aromatic N) is 2. The van der Waals surface area contributed by atoms with Crippen molar-refractivity contribution in [3.05, 3.63) is 38.9 Å². The number of aromatic nitrogens is 1. The second-order valence-corrected chi connectivity index (χ2v) is 13.0. The van der Waals surface area contributed by atoms with Crippen molar-refractivity contribution in [2.75, 3.05) is 30.0 Å². The molecule has 0 spiro atoms. The minimum atomic E-state index is -3.66. The molecule has 2 aliphatic rings. The summed E-state index contributed by atoms with van der Waals surface area (Å²) in [5, 5.41) is 2.75. The number of amides is 1. The average molecular weight is 542 g/mol. The number of nitrogens with one attached hydrogen (secondary N) is 1. The third-order valence-electron chi connectivity index (χ3n) is 6.04. The number of halogens is 2. The zero-order chi connectivity index (χ0) is 26.6. The Morgan fingerprint density at radius 1 is 1.25 bits per heavy atom. The zero-order valence-corrected chi connectivity index (χ0v) is 22.1. The summed E-state index contributed by atoms with van der Waals surface area (Å²) in [6.45, 7) is 5.99. The van der Waals surface area contributed by atoms with Crippen molar-refractivity contribution in [1.29, 1.82) is 0 Å². The number of ketones is 1. The first-order valence-electron chi connectivity index (χ1n) is 11.7. The molecule has 1 aromatic heterocycles. The molecule has 1 atom stereocenters. The van der Waals surface area contributed by atoms with Crippen LogP contribution in [0, 0.1) is 5.82 Å². The van der Waals surface area contributed by atoms with E-state index in [2.05, 4.69) is 5.32 Å². The van der Waals surface area contributed by atoms with Gasteiger partial charge in [0.15, 0.2) is 21.0 Å². The van der Waals surface area contributed by atoms with Crippen LogP contribution < -0.4 is 15.6 Å². The highest BCUT2D eigenvalue weighted by Crippen LogP contribution is 2.42. The maximum atomic E-state index is 15.4. The van der Waals surface area contributed by atoms with Gasteiger partial charge >= 0.3 is 6.09 Å². The first-order chi connectivity index (χ1) is 16.6. The van der Waals surface area contributed by atoms with Crippen LogP contribution in [-0.4, -0.2) is 61.6 Å². The number of benzene rings is 1. The number of alkyl carbamates (subject to hydrolysis) is 1. The first-order valence-corrected chi connectivity index (χ1v) is 14.1. The van der Waals surface area contributed by atoms with E-state index in [1.165, 1.54) is 6.20 Å². The van der Waals surface area contributed by atoms with Crippen LogP contribution in [0.3, 0.4) is 0 Å². The number of Topliss-reactive ketones (excluding diaryl/α,β-unsaturated/α-hetero) is 1. The van der Waals surface area contributed by atoms with E-state index in [9.17, 15) is 22.8 Å².